The first-order chi connectivity index (χ1) is 26.8. The van der Waals surface area contributed by atoms with Crippen molar-refractivity contribution in [1.29, 1.82) is 0 Å². The van der Waals surface area contributed by atoms with Crippen LogP contribution in [0.25, 0.3) is 101 Å². The smallest absolute Gasteiger partial charge is 0.161 e. The summed E-state index contributed by atoms with van der Waals surface area (Å²) in [6.45, 7) is 0. The van der Waals surface area contributed by atoms with Gasteiger partial charge in [0, 0.05) is 40.2 Å². The van der Waals surface area contributed by atoms with E-state index in [0.717, 1.165) is 72.2 Å². The van der Waals surface area contributed by atoms with Gasteiger partial charge in [0.25, 0.3) is 0 Å². The van der Waals surface area contributed by atoms with Crippen LogP contribution in [0, 0.1) is 0 Å². The van der Waals surface area contributed by atoms with Gasteiger partial charge in [0.2, 0.25) is 0 Å². The molecule has 0 radical (unpaired) electrons. The number of hydrogen-bond donors (Lipinski definition) is 0. The SMILES string of the molecule is C1=C=Cc2c(c(-c3ccccc3)c3ccccc3c2-c2nc(-c3cccc(-c4cccnc4)c3)cc(-c3cccc(-c4cccc5ccccc45)c3)n2)C=1. The predicted octanol–water partition coefficient (Wildman–Crippen LogP) is 13.0. The molecule has 0 saturated heterocycles. The summed E-state index contributed by atoms with van der Waals surface area (Å²) >= 11 is 0. The van der Waals surface area contributed by atoms with Crippen molar-refractivity contribution in [2.45, 2.75) is 0 Å². The molecule has 10 rings (SSSR count). The van der Waals surface area contributed by atoms with Crippen molar-refractivity contribution in [1.82, 2.24) is 15.0 Å². The predicted molar refractivity (Wildman–Crippen MR) is 223 cm³/mol. The second-order valence-corrected chi connectivity index (χ2v) is 13.5. The standard InChI is InChI=1S/C51H31N3/c1-2-15-35(16-3-1)49-43-24-6-8-26-45(43)50(46-27-9-7-25-44(46)49)51-53-47(38-20-10-18-36(30-38)40-22-13-29-52-33-40)32-48(54-51)39-21-11-19-37(31-39)42-28-12-17-34-14-4-5-23-41(34)42/h1-6,8,10-33H. The second kappa shape index (κ2) is 13.3. The van der Waals surface area contributed by atoms with E-state index in [-0.39, 0.29) is 0 Å². The summed E-state index contributed by atoms with van der Waals surface area (Å²) in [6.07, 6.45) is 7.78. The van der Waals surface area contributed by atoms with E-state index in [0.29, 0.717) is 5.82 Å². The third-order valence-electron chi connectivity index (χ3n) is 10.2. The molecule has 1 aliphatic carbocycles. The van der Waals surface area contributed by atoms with E-state index in [1.165, 1.54) is 21.9 Å². The summed E-state index contributed by atoms with van der Waals surface area (Å²) in [5.41, 5.74) is 20.1. The Morgan fingerprint density at radius 2 is 0.944 bits per heavy atom. The summed E-state index contributed by atoms with van der Waals surface area (Å²) < 4.78 is 0. The van der Waals surface area contributed by atoms with Crippen molar-refractivity contribution in [3.63, 3.8) is 0 Å². The molecule has 250 valence electrons. The van der Waals surface area contributed by atoms with Gasteiger partial charge in [0.1, 0.15) is 0 Å². The molecule has 0 atom stereocenters. The second-order valence-electron chi connectivity index (χ2n) is 13.5. The Bertz CT molecular complexity index is 3000. The zero-order chi connectivity index (χ0) is 35.8. The van der Waals surface area contributed by atoms with Crippen molar-refractivity contribution >= 4 is 33.7 Å². The number of rotatable bonds is 6. The Morgan fingerprint density at radius 1 is 0.389 bits per heavy atom. The molecule has 0 bridgehead atoms. The molecule has 0 unspecified atom stereocenters. The Morgan fingerprint density at radius 3 is 1.69 bits per heavy atom. The normalized spacial score (nSPS) is 11.6. The first-order valence-corrected chi connectivity index (χ1v) is 18.1. The van der Waals surface area contributed by atoms with Gasteiger partial charge < -0.3 is 0 Å². The lowest BCUT2D eigenvalue weighted by Crippen LogP contribution is -2.02. The molecule has 9 aromatic rings. The minimum absolute atomic E-state index is 0.658. The Labute approximate surface area is 313 Å². The largest absolute Gasteiger partial charge is 0.264 e. The van der Waals surface area contributed by atoms with Crippen LogP contribution < -0.4 is 0 Å². The summed E-state index contributed by atoms with van der Waals surface area (Å²) in [7, 11) is 0. The van der Waals surface area contributed by atoms with Crippen molar-refractivity contribution < 1.29 is 0 Å². The lowest BCUT2D eigenvalue weighted by Gasteiger charge is -2.20. The Balaban J connectivity index is 1.23. The van der Waals surface area contributed by atoms with Crippen molar-refractivity contribution in [3.8, 4) is 67.3 Å². The molecule has 0 fully saturated rings. The zero-order valence-electron chi connectivity index (χ0n) is 29.2. The highest BCUT2D eigenvalue weighted by molar-refractivity contribution is 6.11. The Hall–Kier alpha value is -7.41. The lowest BCUT2D eigenvalue weighted by molar-refractivity contribution is 1.18. The van der Waals surface area contributed by atoms with E-state index in [9.17, 15) is 0 Å². The van der Waals surface area contributed by atoms with E-state index in [1.807, 2.05) is 24.4 Å². The molecule has 3 heteroatoms. The monoisotopic (exact) mass is 685 g/mol. The number of fused-ring (bicyclic) bond motifs is 3. The van der Waals surface area contributed by atoms with Gasteiger partial charge in [0.15, 0.2) is 5.82 Å². The van der Waals surface area contributed by atoms with Gasteiger partial charge in [0.05, 0.1) is 11.4 Å². The van der Waals surface area contributed by atoms with Crippen LogP contribution in [0.3, 0.4) is 0 Å². The van der Waals surface area contributed by atoms with Crippen molar-refractivity contribution in [3.05, 3.63) is 199 Å². The topological polar surface area (TPSA) is 38.7 Å². The summed E-state index contributed by atoms with van der Waals surface area (Å²) in [6, 6.07) is 57.6. The van der Waals surface area contributed by atoms with Crippen LogP contribution in [0.1, 0.15) is 11.1 Å². The number of hydrogen-bond acceptors (Lipinski definition) is 3. The first-order valence-electron chi connectivity index (χ1n) is 18.1. The maximum Gasteiger partial charge on any atom is 0.161 e. The van der Waals surface area contributed by atoms with Gasteiger partial charge in [-0.2, -0.15) is 0 Å². The number of nitrogens with zero attached hydrogens (tertiary/aromatic N) is 3. The molecule has 2 heterocycles. The summed E-state index contributed by atoms with van der Waals surface area (Å²) in [5, 5.41) is 4.66. The molecule has 54 heavy (non-hydrogen) atoms. The van der Waals surface area contributed by atoms with Crippen molar-refractivity contribution in [2.24, 2.45) is 0 Å². The quantitative estimate of drug-likeness (QED) is 0.164. The lowest BCUT2D eigenvalue weighted by atomic mass is 9.84. The van der Waals surface area contributed by atoms with E-state index in [1.54, 1.807) is 6.20 Å². The number of pyridine rings is 1. The first kappa shape index (κ1) is 31.3. The van der Waals surface area contributed by atoms with Crippen LogP contribution in [0.4, 0.5) is 0 Å². The third-order valence-corrected chi connectivity index (χ3v) is 10.2. The fraction of sp³-hybridized carbons (Fsp3) is 0. The Kier molecular flexibility index (Phi) is 7.71. The average molecular weight is 686 g/mol. The van der Waals surface area contributed by atoms with Gasteiger partial charge in [-0.05, 0) is 91.3 Å². The van der Waals surface area contributed by atoms with Crippen LogP contribution in [0.15, 0.2) is 188 Å². The molecular formula is C51H31N3. The molecule has 7 aromatic carbocycles. The third kappa shape index (κ3) is 5.55. The molecule has 3 nitrogen and oxygen atoms in total. The fourth-order valence-electron chi connectivity index (χ4n) is 7.73. The van der Waals surface area contributed by atoms with E-state index in [4.69, 9.17) is 9.97 Å². The highest BCUT2D eigenvalue weighted by Gasteiger charge is 2.23. The van der Waals surface area contributed by atoms with E-state index < -0.39 is 0 Å². The number of aromatic nitrogens is 3. The highest BCUT2D eigenvalue weighted by atomic mass is 14.9. The molecular weight excluding hydrogens is 655 g/mol. The summed E-state index contributed by atoms with van der Waals surface area (Å²) in [4.78, 5) is 15.2. The molecule has 0 aliphatic heterocycles. The molecule has 0 amide bonds. The van der Waals surface area contributed by atoms with Crippen LogP contribution >= 0.6 is 0 Å². The van der Waals surface area contributed by atoms with Gasteiger partial charge in [-0.15, -0.1) is 0 Å². The zero-order valence-corrected chi connectivity index (χ0v) is 29.2. The summed E-state index contributed by atoms with van der Waals surface area (Å²) in [5.74, 6) is 0.658. The maximum atomic E-state index is 5.43. The van der Waals surface area contributed by atoms with E-state index >= 15 is 0 Å². The maximum absolute atomic E-state index is 5.43. The van der Waals surface area contributed by atoms with Crippen LogP contribution in [0.5, 0.6) is 0 Å². The average Bonchev–Trinajstić information content (AvgIpc) is 3.26. The minimum atomic E-state index is 0.658. The van der Waals surface area contributed by atoms with Gasteiger partial charge >= 0.3 is 0 Å². The molecule has 0 saturated carbocycles. The molecule has 0 spiro atoms. The van der Waals surface area contributed by atoms with Crippen molar-refractivity contribution in [2.75, 3.05) is 0 Å². The van der Waals surface area contributed by atoms with Crippen LogP contribution in [-0.2, 0) is 0 Å². The van der Waals surface area contributed by atoms with E-state index in [2.05, 4.69) is 174 Å². The number of benzene rings is 7. The molecule has 1 aliphatic rings. The van der Waals surface area contributed by atoms with Gasteiger partial charge in [-0.1, -0.05) is 151 Å². The van der Waals surface area contributed by atoms with Crippen LogP contribution in [0.2, 0.25) is 0 Å². The minimum Gasteiger partial charge on any atom is -0.264 e. The van der Waals surface area contributed by atoms with Gasteiger partial charge in [-0.3, -0.25) is 4.98 Å². The molecule has 2 aromatic heterocycles. The molecule has 0 N–H and O–H groups in total. The highest BCUT2D eigenvalue weighted by Crippen LogP contribution is 2.44. The van der Waals surface area contributed by atoms with Crippen LogP contribution in [-0.4, -0.2) is 15.0 Å². The fourth-order valence-corrected chi connectivity index (χ4v) is 7.73. The van der Waals surface area contributed by atoms with Gasteiger partial charge in [-0.25, -0.2) is 9.97 Å².